The Labute approximate surface area is 114 Å². The summed E-state index contributed by atoms with van der Waals surface area (Å²) in [5, 5.41) is 0.813. The summed E-state index contributed by atoms with van der Waals surface area (Å²) in [6.07, 6.45) is 3.60. The van der Waals surface area contributed by atoms with Crippen molar-refractivity contribution in [1.82, 2.24) is 0 Å². The van der Waals surface area contributed by atoms with Crippen LogP contribution in [0.25, 0.3) is 0 Å². The van der Waals surface area contributed by atoms with Crippen molar-refractivity contribution < 1.29 is 4.74 Å². The first-order chi connectivity index (χ1) is 8.39. The first kappa shape index (κ1) is 12.5. The summed E-state index contributed by atoms with van der Waals surface area (Å²) in [7, 11) is 0. The summed E-state index contributed by atoms with van der Waals surface area (Å²) in [6, 6.07) is 8.27. The molecule has 0 bridgehead atoms. The molecule has 1 spiro atoms. The van der Waals surface area contributed by atoms with Gasteiger partial charge in [-0.2, -0.15) is 0 Å². The maximum Gasteiger partial charge on any atom is 0.102 e. The lowest BCUT2D eigenvalue weighted by molar-refractivity contribution is 0.0782. The van der Waals surface area contributed by atoms with Crippen LogP contribution in [-0.2, 0) is 11.2 Å². The highest BCUT2D eigenvalue weighted by molar-refractivity contribution is 6.30. The van der Waals surface area contributed by atoms with Gasteiger partial charge in [-0.05, 0) is 42.4 Å². The Morgan fingerprint density at radius 3 is 2.28 bits per heavy atom. The third-order valence-electron chi connectivity index (χ3n) is 5.31. The van der Waals surface area contributed by atoms with Crippen molar-refractivity contribution in [2.24, 2.45) is 10.8 Å². The molecule has 1 aromatic carbocycles. The molecule has 1 aliphatic carbocycles. The van der Waals surface area contributed by atoms with Gasteiger partial charge in [-0.15, -0.1) is 0 Å². The van der Waals surface area contributed by atoms with Gasteiger partial charge in [0, 0.05) is 10.4 Å². The molecule has 0 amide bonds. The van der Waals surface area contributed by atoms with E-state index in [4.69, 9.17) is 16.3 Å². The molecule has 1 aromatic rings. The largest absolute Gasteiger partial charge is 0.368 e. The molecule has 3 rings (SSSR count). The first-order valence-corrected chi connectivity index (χ1v) is 7.15. The zero-order valence-electron chi connectivity index (χ0n) is 11.4. The minimum atomic E-state index is 0.111. The van der Waals surface area contributed by atoms with Crippen LogP contribution in [0, 0.1) is 10.8 Å². The molecule has 0 aromatic heterocycles. The van der Waals surface area contributed by atoms with Gasteiger partial charge in [0.25, 0.3) is 0 Å². The Bertz CT molecular complexity index is 458. The number of rotatable bonds is 2. The molecule has 1 saturated heterocycles. The summed E-state index contributed by atoms with van der Waals surface area (Å²) in [5.74, 6) is 0. The summed E-state index contributed by atoms with van der Waals surface area (Å²) in [4.78, 5) is 0. The predicted octanol–water partition coefficient (Wildman–Crippen LogP) is 4.48. The monoisotopic (exact) mass is 264 g/mol. The number of hydrogen-bond donors (Lipinski definition) is 0. The van der Waals surface area contributed by atoms with E-state index in [0.717, 1.165) is 18.1 Å². The molecule has 1 saturated carbocycles. The normalized spacial score (nSPS) is 37.1. The lowest BCUT2D eigenvalue weighted by Crippen LogP contribution is -2.40. The highest BCUT2D eigenvalue weighted by Gasteiger charge is 2.70. The van der Waals surface area contributed by atoms with Crippen LogP contribution in [0.4, 0.5) is 0 Å². The molecule has 2 fully saturated rings. The topological polar surface area (TPSA) is 12.5 Å². The molecule has 1 aliphatic heterocycles. The Hall–Kier alpha value is -0.530. The van der Waals surface area contributed by atoms with Crippen molar-refractivity contribution in [3.05, 3.63) is 34.9 Å². The predicted molar refractivity (Wildman–Crippen MR) is 75.0 cm³/mol. The van der Waals surface area contributed by atoms with E-state index in [0.29, 0.717) is 5.41 Å². The average Bonchev–Trinajstić information content (AvgIpc) is 3.09. The van der Waals surface area contributed by atoms with E-state index in [1.54, 1.807) is 0 Å². The SMILES string of the molecule is CC1(C)CCC(C)(Cc2ccc(Cl)cc2)C12CO2. The van der Waals surface area contributed by atoms with Crippen LogP contribution >= 0.6 is 11.6 Å². The summed E-state index contributed by atoms with van der Waals surface area (Å²) in [5.41, 5.74) is 2.06. The lowest BCUT2D eigenvalue weighted by atomic mass is 9.68. The van der Waals surface area contributed by atoms with E-state index in [9.17, 15) is 0 Å². The van der Waals surface area contributed by atoms with Gasteiger partial charge in [0.2, 0.25) is 0 Å². The quantitative estimate of drug-likeness (QED) is 0.718. The van der Waals surface area contributed by atoms with E-state index >= 15 is 0 Å². The lowest BCUT2D eigenvalue weighted by Gasteiger charge is -2.35. The van der Waals surface area contributed by atoms with Crippen molar-refractivity contribution >= 4 is 11.6 Å². The average molecular weight is 265 g/mol. The third-order valence-corrected chi connectivity index (χ3v) is 5.56. The summed E-state index contributed by atoms with van der Waals surface area (Å²) >= 11 is 5.95. The fourth-order valence-corrected chi connectivity index (χ4v) is 4.03. The molecule has 18 heavy (non-hydrogen) atoms. The molecule has 98 valence electrons. The van der Waals surface area contributed by atoms with Crippen LogP contribution < -0.4 is 0 Å². The number of benzene rings is 1. The van der Waals surface area contributed by atoms with Gasteiger partial charge in [-0.25, -0.2) is 0 Å². The standard InChI is InChI=1S/C16H21ClO/c1-14(2)8-9-15(3,16(14)11-18-16)10-12-4-6-13(17)7-5-12/h4-7H,8-11H2,1-3H3. The van der Waals surface area contributed by atoms with Crippen molar-refractivity contribution in [3.8, 4) is 0 Å². The Morgan fingerprint density at radius 1 is 1.11 bits per heavy atom. The van der Waals surface area contributed by atoms with Crippen LogP contribution in [0.3, 0.4) is 0 Å². The zero-order valence-corrected chi connectivity index (χ0v) is 12.2. The second-order valence-electron chi connectivity index (χ2n) is 6.86. The number of hydrogen-bond acceptors (Lipinski definition) is 1. The molecule has 1 nitrogen and oxygen atoms in total. The number of epoxide rings is 1. The molecular weight excluding hydrogens is 244 g/mol. The van der Waals surface area contributed by atoms with E-state index in [-0.39, 0.29) is 11.0 Å². The Kier molecular flexibility index (Phi) is 2.60. The molecule has 2 heteroatoms. The van der Waals surface area contributed by atoms with Gasteiger partial charge in [0.1, 0.15) is 5.60 Å². The van der Waals surface area contributed by atoms with E-state index in [1.165, 1.54) is 18.4 Å². The Morgan fingerprint density at radius 2 is 1.72 bits per heavy atom. The minimum absolute atomic E-state index is 0.111. The van der Waals surface area contributed by atoms with Crippen LogP contribution in [0.15, 0.2) is 24.3 Å². The van der Waals surface area contributed by atoms with Crippen molar-refractivity contribution in [1.29, 1.82) is 0 Å². The van der Waals surface area contributed by atoms with Crippen molar-refractivity contribution in [3.63, 3.8) is 0 Å². The molecular formula is C16H21ClO. The molecule has 2 aliphatic rings. The van der Waals surface area contributed by atoms with Crippen LogP contribution in [0.2, 0.25) is 5.02 Å². The van der Waals surface area contributed by atoms with E-state index in [2.05, 4.69) is 32.9 Å². The maximum atomic E-state index is 5.96. The van der Waals surface area contributed by atoms with Crippen LogP contribution in [0.5, 0.6) is 0 Å². The van der Waals surface area contributed by atoms with Gasteiger partial charge < -0.3 is 4.74 Å². The number of ether oxygens (including phenoxy) is 1. The van der Waals surface area contributed by atoms with Crippen LogP contribution in [-0.4, -0.2) is 12.2 Å². The van der Waals surface area contributed by atoms with Crippen LogP contribution in [0.1, 0.15) is 39.2 Å². The van der Waals surface area contributed by atoms with E-state index < -0.39 is 0 Å². The molecule has 0 N–H and O–H groups in total. The van der Waals surface area contributed by atoms with Crippen molar-refractivity contribution in [2.45, 2.75) is 45.6 Å². The van der Waals surface area contributed by atoms with Crippen molar-refractivity contribution in [2.75, 3.05) is 6.61 Å². The fourth-order valence-electron chi connectivity index (χ4n) is 3.90. The number of halogens is 1. The summed E-state index contributed by atoms with van der Waals surface area (Å²) in [6.45, 7) is 8.04. The fraction of sp³-hybridized carbons (Fsp3) is 0.625. The van der Waals surface area contributed by atoms with E-state index in [1.807, 2.05) is 12.1 Å². The first-order valence-electron chi connectivity index (χ1n) is 6.77. The van der Waals surface area contributed by atoms with Gasteiger partial charge >= 0.3 is 0 Å². The summed E-state index contributed by atoms with van der Waals surface area (Å²) < 4.78 is 5.96. The molecule has 0 radical (unpaired) electrons. The Balaban J connectivity index is 1.86. The second kappa shape index (κ2) is 3.74. The van der Waals surface area contributed by atoms with Gasteiger partial charge in [0.05, 0.1) is 6.61 Å². The maximum absolute atomic E-state index is 5.96. The minimum Gasteiger partial charge on any atom is -0.368 e. The third kappa shape index (κ3) is 1.64. The molecule has 2 unspecified atom stereocenters. The smallest absolute Gasteiger partial charge is 0.102 e. The highest BCUT2D eigenvalue weighted by atomic mass is 35.5. The van der Waals surface area contributed by atoms with Gasteiger partial charge in [-0.3, -0.25) is 0 Å². The highest BCUT2D eigenvalue weighted by Crippen LogP contribution is 2.66. The molecule has 1 heterocycles. The van der Waals surface area contributed by atoms with Gasteiger partial charge in [0.15, 0.2) is 0 Å². The zero-order chi connectivity index (χ0) is 13.0. The molecule has 2 atom stereocenters. The van der Waals surface area contributed by atoms with Gasteiger partial charge in [-0.1, -0.05) is 44.5 Å². The second-order valence-corrected chi connectivity index (χ2v) is 7.30.